The lowest BCUT2D eigenvalue weighted by Crippen LogP contribution is -2.46. The molecule has 6 heteroatoms. The Morgan fingerprint density at radius 2 is 1.89 bits per heavy atom. The third-order valence-electron chi connectivity index (χ3n) is 4.68. The van der Waals surface area contributed by atoms with Gasteiger partial charge in [0, 0.05) is 31.1 Å². The minimum absolute atomic E-state index is 0.0122. The lowest BCUT2D eigenvalue weighted by molar-refractivity contribution is -0.131. The van der Waals surface area contributed by atoms with Gasteiger partial charge in [0.25, 0.3) is 5.91 Å². The van der Waals surface area contributed by atoms with Crippen molar-refractivity contribution in [3.63, 3.8) is 0 Å². The first-order valence-electron chi connectivity index (χ1n) is 9.09. The van der Waals surface area contributed by atoms with E-state index in [0.717, 1.165) is 5.56 Å². The fourth-order valence-corrected chi connectivity index (χ4v) is 3.36. The molecule has 5 nitrogen and oxygen atoms in total. The second-order valence-electron chi connectivity index (χ2n) is 6.47. The zero-order valence-corrected chi connectivity index (χ0v) is 16.3. The monoisotopic (exact) mass is 386 g/mol. The molecule has 2 amide bonds. The Labute approximate surface area is 164 Å². The molecule has 1 atom stereocenters. The maximum Gasteiger partial charge on any atom is 0.267 e. The molecule has 2 aromatic carbocycles. The average molecular weight is 387 g/mol. The third kappa shape index (κ3) is 4.25. The number of carbonyl (C=O) groups excluding carboxylic acids is 2. The molecule has 142 valence electrons. The number of ether oxygens (including phenoxy) is 1. The van der Waals surface area contributed by atoms with Crippen LogP contribution in [0, 0.1) is 0 Å². The Morgan fingerprint density at radius 1 is 1.19 bits per heavy atom. The fraction of sp³-hybridized carbons (Fsp3) is 0.333. The number of para-hydroxylation sites is 2. The summed E-state index contributed by atoms with van der Waals surface area (Å²) in [7, 11) is 0. The van der Waals surface area contributed by atoms with Crippen LogP contribution in [0.1, 0.15) is 25.8 Å². The molecule has 1 aliphatic rings. The van der Waals surface area contributed by atoms with Crippen LogP contribution in [-0.4, -0.2) is 35.9 Å². The standard InChI is InChI=1S/C21H23ClN2O3/c1-3-23(14-16-8-4-5-9-17(16)22)20(25)12-13-24-18-10-6-7-11-19(18)27-15(2)21(24)26/h4-11,15H,3,12-14H2,1-2H3/t15-/m1/s1. The summed E-state index contributed by atoms with van der Waals surface area (Å²) in [5.74, 6) is 0.526. The fourth-order valence-electron chi connectivity index (χ4n) is 3.16. The van der Waals surface area contributed by atoms with Gasteiger partial charge in [0.05, 0.1) is 5.69 Å². The van der Waals surface area contributed by atoms with Gasteiger partial charge in [-0.3, -0.25) is 9.59 Å². The molecule has 0 saturated carbocycles. The Balaban J connectivity index is 1.69. The number of nitrogens with zero attached hydrogens (tertiary/aromatic N) is 2. The molecule has 0 aromatic heterocycles. The third-order valence-corrected chi connectivity index (χ3v) is 5.05. The number of benzene rings is 2. The van der Waals surface area contributed by atoms with Crippen molar-refractivity contribution in [3.05, 3.63) is 59.1 Å². The minimum Gasteiger partial charge on any atom is -0.479 e. The molecule has 0 spiro atoms. The Hall–Kier alpha value is -2.53. The van der Waals surface area contributed by atoms with E-state index in [2.05, 4.69) is 0 Å². The predicted octanol–water partition coefficient (Wildman–Crippen LogP) is 3.89. The largest absolute Gasteiger partial charge is 0.479 e. The smallest absolute Gasteiger partial charge is 0.267 e. The van der Waals surface area contributed by atoms with E-state index in [1.807, 2.05) is 55.5 Å². The van der Waals surface area contributed by atoms with E-state index in [4.69, 9.17) is 16.3 Å². The first kappa shape index (κ1) is 19.2. The number of hydrogen-bond acceptors (Lipinski definition) is 3. The second kappa shape index (κ2) is 8.44. The number of anilines is 1. The molecule has 0 fully saturated rings. The number of rotatable bonds is 6. The Kier molecular flexibility index (Phi) is 6.01. The van der Waals surface area contributed by atoms with Gasteiger partial charge in [0.2, 0.25) is 5.91 Å². The molecular weight excluding hydrogens is 364 g/mol. The molecule has 1 aliphatic heterocycles. The molecule has 0 aliphatic carbocycles. The van der Waals surface area contributed by atoms with Crippen molar-refractivity contribution in [2.75, 3.05) is 18.0 Å². The van der Waals surface area contributed by atoms with Crippen molar-refractivity contribution < 1.29 is 14.3 Å². The van der Waals surface area contributed by atoms with Crippen LogP contribution in [0.2, 0.25) is 5.02 Å². The van der Waals surface area contributed by atoms with Crippen LogP contribution >= 0.6 is 11.6 Å². The molecule has 0 unspecified atom stereocenters. The quantitative estimate of drug-likeness (QED) is 0.756. The summed E-state index contributed by atoms with van der Waals surface area (Å²) < 4.78 is 5.64. The Bertz CT molecular complexity index is 840. The van der Waals surface area contributed by atoms with E-state index in [1.54, 1.807) is 16.7 Å². The first-order valence-corrected chi connectivity index (χ1v) is 9.47. The van der Waals surface area contributed by atoms with E-state index >= 15 is 0 Å². The zero-order chi connectivity index (χ0) is 19.4. The lowest BCUT2D eigenvalue weighted by Gasteiger charge is -2.33. The number of hydrogen-bond donors (Lipinski definition) is 0. The normalized spacial score (nSPS) is 15.9. The van der Waals surface area contributed by atoms with Crippen LogP contribution < -0.4 is 9.64 Å². The van der Waals surface area contributed by atoms with Gasteiger partial charge < -0.3 is 14.5 Å². The van der Waals surface area contributed by atoms with E-state index in [0.29, 0.717) is 36.1 Å². The summed E-state index contributed by atoms with van der Waals surface area (Å²) in [6.07, 6.45) is -0.314. The number of amides is 2. The Morgan fingerprint density at radius 3 is 2.63 bits per heavy atom. The highest BCUT2D eigenvalue weighted by Gasteiger charge is 2.31. The number of fused-ring (bicyclic) bond motifs is 1. The van der Waals surface area contributed by atoms with Crippen LogP contribution in [-0.2, 0) is 16.1 Å². The van der Waals surface area contributed by atoms with E-state index in [-0.39, 0.29) is 18.2 Å². The minimum atomic E-state index is -0.555. The summed E-state index contributed by atoms with van der Waals surface area (Å²) in [6.45, 7) is 5.02. The molecule has 0 N–H and O–H groups in total. The van der Waals surface area contributed by atoms with Crippen molar-refractivity contribution in [1.29, 1.82) is 0 Å². The molecule has 2 aromatic rings. The maximum absolute atomic E-state index is 12.7. The van der Waals surface area contributed by atoms with Crippen molar-refractivity contribution in [1.82, 2.24) is 4.90 Å². The lowest BCUT2D eigenvalue weighted by atomic mass is 10.1. The van der Waals surface area contributed by atoms with Gasteiger partial charge in [0.1, 0.15) is 5.75 Å². The van der Waals surface area contributed by atoms with Gasteiger partial charge >= 0.3 is 0 Å². The number of halogens is 1. The zero-order valence-electron chi connectivity index (χ0n) is 15.5. The summed E-state index contributed by atoms with van der Waals surface area (Å²) in [5, 5.41) is 0.648. The summed E-state index contributed by atoms with van der Waals surface area (Å²) in [6, 6.07) is 14.9. The van der Waals surface area contributed by atoms with Crippen molar-refractivity contribution in [2.45, 2.75) is 32.9 Å². The summed E-state index contributed by atoms with van der Waals surface area (Å²) in [4.78, 5) is 28.7. The van der Waals surface area contributed by atoms with Gasteiger partial charge in [-0.1, -0.05) is 41.9 Å². The van der Waals surface area contributed by atoms with Gasteiger partial charge in [-0.25, -0.2) is 0 Å². The van der Waals surface area contributed by atoms with E-state index < -0.39 is 6.10 Å². The van der Waals surface area contributed by atoms with Crippen molar-refractivity contribution >= 4 is 29.1 Å². The van der Waals surface area contributed by atoms with Gasteiger partial charge in [-0.2, -0.15) is 0 Å². The highest BCUT2D eigenvalue weighted by Crippen LogP contribution is 2.33. The van der Waals surface area contributed by atoms with E-state index in [1.165, 1.54) is 0 Å². The van der Waals surface area contributed by atoms with Crippen molar-refractivity contribution in [2.24, 2.45) is 0 Å². The molecule has 1 heterocycles. The van der Waals surface area contributed by atoms with Gasteiger partial charge in [0.15, 0.2) is 6.10 Å². The highest BCUT2D eigenvalue weighted by molar-refractivity contribution is 6.31. The van der Waals surface area contributed by atoms with Crippen LogP contribution in [0.3, 0.4) is 0 Å². The van der Waals surface area contributed by atoms with Crippen LogP contribution in [0.15, 0.2) is 48.5 Å². The first-order chi connectivity index (χ1) is 13.0. The predicted molar refractivity (Wildman–Crippen MR) is 106 cm³/mol. The maximum atomic E-state index is 12.7. The molecule has 0 bridgehead atoms. The van der Waals surface area contributed by atoms with Crippen LogP contribution in [0.4, 0.5) is 5.69 Å². The SMILES string of the molecule is CCN(Cc1ccccc1Cl)C(=O)CCN1C(=O)[C@@H](C)Oc2ccccc21. The molecule has 0 saturated heterocycles. The topological polar surface area (TPSA) is 49.9 Å². The summed E-state index contributed by atoms with van der Waals surface area (Å²) >= 11 is 6.22. The average Bonchev–Trinajstić information content (AvgIpc) is 2.67. The molecular formula is C21H23ClN2O3. The summed E-state index contributed by atoms with van der Waals surface area (Å²) in [5.41, 5.74) is 1.62. The van der Waals surface area contributed by atoms with Gasteiger partial charge in [-0.15, -0.1) is 0 Å². The second-order valence-corrected chi connectivity index (χ2v) is 6.87. The molecule has 0 radical (unpaired) electrons. The van der Waals surface area contributed by atoms with Crippen LogP contribution in [0.25, 0.3) is 0 Å². The molecule has 3 rings (SSSR count). The van der Waals surface area contributed by atoms with Crippen molar-refractivity contribution in [3.8, 4) is 5.75 Å². The van der Waals surface area contributed by atoms with E-state index in [9.17, 15) is 9.59 Å². The highest BCUT2D eigenvalue weighted by atomic mass is 35.5. The van der Waals surface area contributed by atoms with Gasteiger partial charge in [-0.05, 0) is 37.6 Å². The number of carbonyl (C=O) groups is 2. The molecule has 27 heavy (non-hydrogen) atoms. The van der Waals surface area contributed by atoms with Crippen LogP contribution in [0.5, 0.6) is 5.75 Å².